The third kappa shape index (κ3) is 8.34. The van der Waals surface area contributed by atoms with Crippen LogP contribution >= 0.6 is 11.6 Å². The average Bonchev–Trinajstić information content (AvgIpc) is 2.80. The lowest BCUT2D eigenvalue weighted by atomic mass is 9.97. The SMILES string of the molecule is C=CCN(C(=O)C(CC(N)=O)NC(=O)OC(C)(C)C)C(C(=O)Nc1c(C)cccc1Cl)c1ccccc1C. The van der Waals surface area contributed by atoms with Gasteiger partial charge in [0.2, 0.25) is 11.8 Å². The van der Waals surface area contributed by atoms with E-state index in [-0.39, 0.29) is 6.54 Å². The minimum absolute atomic E-state index is 0.0714. The molecule has 38 heavy (non-hydrogen) atoms. The molecular weight excluding hydrogens is 508 g/mol. The van der Waals surface area contributed by atoms with Crippen LogP contribution in [0.25, 0.3) is 0 Å². The first kappa shape index (κ1) is 30.4. The second kappa shape index (κ2) is 13.1. The predicted molar refractivity (Wildman–Crippen MR) is 148 cm³/mol. The summed E-state index contributed by atoms with van der Waals surface area (Å²) in [6, 6.07) is 9.76. The number of carbonyl (C=O) groups is 4. The summed E-state index contributed by atoms with van der Waals surface area (Å²) in [5.41, 5.74) is 6.98. The van der Waals surface area contributed by atoms with Crippen LogP contribution in [0, 0.1) is 13.8 Å². The minimum atomic E-state index is -1.39. The molecule has 0 spiro atoms. The topological polar surface area (TPSA) is 131 Å². The van der Waals surface area contributed by atoms with Crippen LogP contribution in [-0.4, -0.2) is 46.9 Å². The van der Waals surface area contributed by atoms with Crippen LogP contribution in [0.3, 0.4) is 0 Å². The summed E-state index contributed by atoms with van der Waals surface area (Å²) in [6.07, 6.45) is 0.0444. The highest BCUT2D eigenvalue weighted by atomic mass is 35.5. The molecule has 2 atom stereocenters. The van der Waals surface area contributed by atoms with Crippen molar-refractivity contribution < 1.29 is 23.9 Å². The van der Waals surface area contributed by atoms with Gasteiger partial charge >= 0.3 is 6.09 Å². The number of amides is 4. The van der Waals surface area contributed by atoms with Gasteiger partial charge < -0.3 is 26.0 Å². The summed E-state index contributed by atoms with van der Waals surface area (Å²) in [6.45, 7) is 12.3. The fraction of sp³-hybridized carbons (Fsp3) is 0.357. The summed E-state index contributed by atoms with van der Waals surface area (Å²) in [4.78, 5) is 53.3. The Morgan fingerprint density at radius 1 is 1.08 bits per heavy atom. The number of para-hydroxylation sites is 1. The second-order valence-electron chi connectivity index (χ2n) is 9.83. The van der Waals surface area contributed by atoms with Gasteiger partial charge in [0.25, 0.3) is 5.91 Å². The Balaban J connectivity index is 2.57. The number of anilines is 1. The van der Waals surface area contributed by atoms with Crippen LogP contribution in [0.5, 0.6) is 0 Å². The van der Waals surface area contributed by atoms with Crippen LogP contribution in [0.15, 0.2) is 55.1 Å². The molecule has 0 saturated heterocycles. The quantitative estimate of drug-likeness (QED) is 0.382. The molecule has 10 heteroatoms. The number of nitrogens with zero attached hydrogens (tertiary/aromatic N) is 1. The van der Waals surface area contributed by atoms with Gasteiger partial charge in [0, 0.05) is 6.54 Å². The van der Waals surface area contributed by atoms with E-state index in [0.717, 1.165) is 11.1 Å². The molecule has 2 aromatic rings. The van der Waals surface area contributed by atoms with Gasteiger partial charge in [-0.3, -0.25) is 14.4 Å². The number of nitrogens with two attached hydrogens (primary N) is 1. The van der Waals surface area contributed by atoms with E-state index in [1.54, 1.807) is 58.0 Å². The molecule has 0 aliphatic carbocycles. The predicted octanol–water partition coefficient (Wildman–Crippen LogP) is 4.42. The van der Waals surface area contributed by atoms with Crippen molar-refractivity contribution in [3.05, 3.63) is 76.8 Å². The maximum atomic E-state index is 13.9. The van der Waals surface area contributed by atoms with E-state index in [1.165, 1.54) is 11.0 Å². The second-order valence-corrected chi connectivity index (χ2v) is 10.2. The molecule has 0 fully saturated rings. The lowest BCUT2D eigenvalue weighted by Gasteiger charge is -2.34. The highest BCUT2D eigenvalue weighted by molar-refractivity contribution is 6.34. The number of rotatable bonds is 10. The molecule has 0 heterocycles. The number of hydrogen-bond acceptors (Lipinski definition) is 5. The monoisotopic (exact) mass is 542 g/mol. The summed E-state index contributed by atoms with van der Waals surface area (Å²) in [5, 5.41) is 5.61. The molecular formula is C28H35ClN4O5. The van der Waals surface area contributed by atoms with Gasteiger partial charge in [0.05, 0.1) is 17.1 Å². The van der Waals surface area contributed by atoms with E-state index in [2.05, 4.69) is 17.2 Å². The molecule has 0 saturated carbocycles. The lowest BCUT2D eigenvalue weighted by Crippen LogP contribution is -2.53. The Morgan fingerprint density at radius 3 is 2.26 bits per heavy atom. The van der Waals surface area contributed by atoms with E-state index in [1.807, 2.05) is 19.1 Å². The van der Waals surface area contributed by atoms with Crippen molar-refractivity contribution in [3.8, 4) is 0 Å². The molecule has 2 aromatic carbocycles. The Hall–Kier alpha value is -3.85. The summed E-state index contributed by atoms with van der Waals surface area (Å²) < 4.78 is 5.27. The number of ether oxygens (including phenoxy) is 1. The zero-order chi connectivity index (χ0) is 28.6. The Morgan fingerprint density at radius 2 is 1.71 bits per heavy atom. The van der Waals surface area contributed by atoms with Crippen molar-refractivity contribution in [2.45, 2.75) is 58.7 Å². The van der Waals surface area contributed by atoms with Crippen molar-refractivity contribution in [2.24, 2.45) is 5.73 Å². The van der Waals surface area contributed by atoms with Crippen LogP contribution in [-0.2, 0) is 19.1 Å². The number of halogens is 1. The molecule has 4 amide bonds. The number of hydrogen-bond donors (Lipinski definition) is 3. The Kier molecular flexibility index (Phi) is 10.5. The summed E-state index contributed by atoms with van der Waals surface area (Å²) >= 11 is 6.35. The molecule has 0 aliphatic rings. The van der Waals surface area contributed by atoms with E-state index in [9.17, 15) is 19.2 Å². The number of benzene rings is 2. The summed E-state index contributed by atoms with van der Waals surface area (Å²) in [7, 11) is 0. The molecule has 0 aromatic heterocycles. The van der Waals surface area contributed by atoms with Crippen LogP contribution in [0.2, 0.25) is 5.02 Å². The molecule has 204 valence electrons. The lowest BCUT2D eigenvalue weighted by molar-refractivity contribution is -0.141. The van der Waals surface area contributed by atoms with Crippen LogP contribution < -0.4 is 16.4 Å². The van der Waals surface area contributed by atoms with Crippen molar-refractivity contribution in [1.29, 1.82) is 0 Å². The zero-order valence-electron chi connectivity index (χ0n) is 22.3. The number of alkyl carbamates (subject to hydrolysis) is 1. The maximum Gasteiger partial charge on any atom is 0.408 e. The zero-order valence-corrected chi connectivity index (χ0v) is 23.1. The fourth-order valence-corrected chi connectivity index (χ4v) is 4.11. The van der Waals surface area contributed by atoms with Gasteiger partial charge in [0.1, 0.15) is 17.7 Å². The molecule has 0 radical (unpaired) electrons. The van der Waals surface area contributed by atoms with Crippen LogP contribution in [0.1, 0.15) is 49.9 Å². The smallest absolute Gasteiger partial charge is 0.408 e. The normalized spacial score (nSPS) is 12.6. The third-order valence-electron chi connectivity index (χ3n) is 5.52. The van der Waals surface area contributed by atoms with Crippen molar-refractivity contribution in [1.82, 2.24) is 10.2 Å². The first-order chi connectivity index (χ1) is 17.7. The highest BCUT2D eigenvalue weighted by Gasteiger charge is 2.37. The largest absolute Gasteiger partial charge is 0.444 e. The van der Waals surface area contributed by atoms with Gasteiger partial charge in [-0.2, -0.15) is 0 Å². The van der Waals surface area contributed by atoms with E-state index in [4.69, 9.17) is 22.1 Å². The van der Waals surface area contributed by atoms with Gasteiger partial charge in [0.15, 0.2) is 0 Å². The molecule has 9 nitrogen and oxygen atoms in total. The standard InChI is InChI=1S/C28H35ClN4O5/c1-7-15-33(26(36)21(16-22(30)34)31-27(37)38-28(4,5)6)24(19-13-9-8-11-17(19)2)25(35)32-23-18(3)12-10-14-20(23)29/h7-14,21,24H,1,15-16H2,2-6H3,(H2,30,34)(H,31,37)(H,32,35). The Bertz CT molecular complexity index is 1190. The van der Waals surface area contributed by atoms with Gasteiger partial charge in [-0.05, 0) is 57.4 Å². The Labute approximate surface area is 228 Å². The number of carbonyl (C=O) groups excluding carboxylic acids is 4. The van der Waals surface area contributed by atoms with Gasteiger partial charge in [-0.15, -0.1) is 6.58 Å². The number of aryl methyl sites for hydroxylation is 2. The number of primary amides is 1. The van der Waals surface area contributed by atoms with Crippen molar-refractivity contribution >= 4 is 41.1 Å². The van der Waals surface area contributed by atoms with E-state index in [0.29, 0.717) is 16.3 Å². The van der Waals surface area contributed by atoms with E-state index < -0.39 is 47.9 Å². The minimum Gasteiger partial charge on any atom is -0.444 e. The highest BCUT2D eigenvalue weighted by Crippen LogP contribution is 2.30. The first-order valence-electron chi connectivity index (χ1n) is 12.1. The average molecular weight is 543 g/mol. The maximum absolute atomic E-state index is 13.9. The molecule has 0 aliphatic heterocycles. The van der Waals surface area contributed by atoms with Crippen LogP contribution in [0.4, 0.5) is 10.5 Å². The molecule has 0 bridgehead atoms. The fourth-order valence-electron chi connectivity index (χ4n) is 3.84. The summed E-state index contributed by atoms with van der Waals surface area (Å²) in [5.74, 6) is -2.07. The van der Waals surface area contributed by atoms with Gasteiger partial charge in [-0.25, -0.2) is 4.79 Å². The first-order valence-corrected chi connectivity index (χ1v) is 12.4. The number of nitrogens with one attached hydrogen (secondary N) is 2. The van der Waals surface area contributed by atoms with E-state index >= 15 is 0 Å². The van der Waals surface area contributed by atoms with Crippen molar-refractivity contribution in [2.75, 3.05) is 11.9 Å². The third-order valence-corrected chi connectivity index (χ3v) is 5.83. The molecule has 2 unspecified atom stereocenters. The van der Waals surface area contributed by atoms with Crippen molar-refractivity contribution in [3.63, 3.8) is 0 Å². The van der Waals surface area contributed by atoms with Gasteiger partial charge in [-0.1, -0.05) is 54.1 Å². The molecule has 4 N–H and O–H groups in total. The molecule has 2 rings (SSSR count).